The SMILES string of the molecule is CC[C@H](C)[C@@H]([C@H](CO)CC(=O)N1CCCC1[C@H](OC)[C@@H](C)C(=O)NCCN1C(=O)[C@]23CCC(C)(C)C1C2[C@H]1CCC2[C@@]4(C)CC[C@H](O)C(C)(C)C4CC[C@@]2(C)[C@]1(C)CC3)N(C)C(=O)[C@@H](NC(=O)[C@H](C(C)C)N(C)C)C(C)C. The molecule has 5 saturated carbocycles. The van der Waals surface area contributed by atoms with Gasteiger partial charge < -0.3 is 40.3 Å². The molecule has 2 heterocycles. The first-order valence-corrected chi connectivity index (χ1v) is 30.8. The monoisotopic (exact) mass is 1080 g/mol. The quantitative estimate of drug-likeness (QED) is 0.0935. The summed E-state index contributed by atoms with van der Waals surface area (Å²) in [4.78, 5) is 79.8. The number of rotatable bonds is 20. The Labute approximate surface area is 466 Å². The van der Waals surface area contributed by atoms with Crippen molar-refractivity contribution in [3.63, 3.8) is 0 Å². The second-order valence-electron chi connectivity index (χ2n) is 29.6. The van der Waals surface area contributed by atoms with Crippen LogP contribution in [-0.2, 0) is 28.7 Å². The van der Waals surface area contributed by atoms with E-state index in [9.17, 15) is 29.4 Å². The molecule has 2 aliphatic heterocycles. The highest BCUT2D eigenvalue weighted by Crippen LogP contribution is 2.78. The van der Waals surface area contributed by atoms with Crippen LogP contribution in [0.3, 0.4) is 0 Å². The molecule has 14 nitrogen and oxygen atoms in total. The number of hydrogen-bond donors (Lipinski definition) is 4. The number of fused-ring (bicyclic) bond motifs is 5. The van der Waals surface area contributed by atoms with Gasteiger partial charge in [0.2, 0.25) is 29.5 Å². The summed E-state index contributed by atoms with van der Waals surface area (Å²) in [6.45, 7) is 32.0. The summed E-state index contributed by atoms with van der Waals surface area (Å²) in [7, 11) is 7.06. The van der Waals surface area contributed by atoms with Crippen LogP contribution in [0.5, 0.6) is 0 Å². The summed E-state index contributed by atoms with van der Waals surface area (Å²) in [5, 5.41) is 28.6. The van der Waals surface area contributed by atoms with Crippen molar-refractivity contribution in [2.75, 3.05) is 54.5 Å². The molecule has 2 bridgehead atoms. The zero-order chi connectivity index (χ0) is 57.3. The number of carbonyl (C=O) groups is 5. The van der Waals surface area contributed by atoms with Crippen LogP contribution in [0.2, 0.25) is 0 Å². The van der Waals surface area contributed by atoms with Crippen LogP contribution in [0, 0.1) is 85.8 Å². The lowest BCUT2D eigenvalue weighted by atomic mass is 9.31. The number of likely N-dealkylation sites (N-methyl/N-ethyl adjacent to an activating group) is 2. The molecule has 0 spiro atoms. The first kappa shape index (κ1) is 61.8. The van der Waals surface area contributed by atoms with Crippen molar-refractivity contribution in [1.29, 1.82) is 0 Å². The Kier molecular flexibility index (Phi) is 18.3. The Balaban J connectivity index is 1.02. The van der Waals surface area contributed by atoms with E-state index in [0.29, 0.717) is 56.1 Å². The number of amides is 5. The van der Waals surface area contributed by atoms with E-state index in [1.165, 1.54) is 12.8 Å². The summed E-state index contributed by atoms with van der Waals surface area (Å²) in [6, 6.07) is -1.94. The smallest absolute Gasteiger partial charge is 0.245 e. The maximum Gasteiger partial charge on any atom is 0.245 e. The van der Waals surface area contributed by atoms with Crippen LogP contribution in [0.4, 0.5) is 0 Å². The van der Waals surface area contributed by atoms with Gasteiger partial charge in [-0.05, 0) is 160 Å². The lowest BCUT2D eigenvalue weighted by Gasteiger charge is -2.73. The number of methoxy groups -OCH3 is 1. The van der Waals surface area contributed by atoms with Crippen LogP contribution >= 0.6 is 0 Å². The number of nitrogens with zero attached hydrogens (tertiary/aromatic N) is 4. The molecule has 0 aromatic carbocycles. The van der Waals surface area contributed by atoms with Crippen LogP contribution < -0.4 is 10.6 Å². The maximum atomic E-state index is 15.3. The minimum absolute atomic E-state index is 0.0122. The number of carbonyl (C=O) groups excluding carboxylic acids is 5. The largest absolute Gasteiger partial charge is 0.396 e. The van der Waals surface area contributed by atoms with Crippen molar-refractivity contribution in [1.82, 2.24) is 30.2 Å². The molecular formula is C63H110N6O8. The number of ether oxygens (including phenoxy) is 1. The van der Waals surface area contributed by atoms with Gasteiger partial charge in [0, 0.05) is 64.8 Å². The molecule has 7 rings (SSSR count). The van der Waals surface area contributed by atoms with Gasteiger partial charge in [-0.2, -0.15) is 0 Å². The van der Waals surface area contributed by atoms with Gasteiger partial charge in [0.05, 0.1) is 35.6 Å². The number of hydrogen-bond acceptors (Lipinski definition) is 9. The molecule has 440 valence electrons. The van der Waals surface area contributed by atoms with Gasteiger partial charge in [0.15, 0.2) is 0 Å². The molecule has 2 saturated heterocycles. The molecule has 0 radical (unpaired) electrons. The van der Waals surface area contributed by atoms with E-state index in [0.717, 1.165) is 57.8 Å². The van der Waals surface area contributed by atoms with Gasteiger partial charge in [-0.3, -0.25) is 28.9 Å². The van der Waals surface area contributed by atoms with E-state index in [4.69, 9.17) is 4.74 Å². The molecule has 7 fully saturated rings. The molecule has 5 unspecified atom stereocenters. The highest BCUT2D eigenvalue weighted by Gasteiger charge is 2.75. The molecule has 77 heavy (non-hydrogen) atoms. The molecule has 7 aliphatic rings. The van der Waals surface area contributed by atoms with Gasteiger partial charge >= 0.3 is 0 Å². The van der Waals surface area contributed by atoms with Gasteiger partial charge in [-0.15, -0.1) is 0 Å². The fourth-order valence-corrected chi connectivity index (χ4v) is 19.7. The Morgan fingerprint density at radius 2 is 1.47 bits per heavy atom. The van der Waals surface area contributed by atoms with E-state index in [2.05, 4.69) is 64.0 Å². The lowest BCUT2D eigenvalue weighted by Crippen LogP contribution is -2.68. The van der Waals surface area contributed by atoms with Crippen molar-refractivity contribution in [3.8, 4) is 0 Å². The summed E-state index contributed by atoms with van der Waals surface area (Å²) in [5.74, 6) is -0.0112. The van der Waals surface area contributed by atoms with Gasteiger partial charge in [0.25, 0.3) is 0 Å². The first-order valence-electron chi connectivity index (χ1n) is 30.8. The maximum absolute atomic E-state index is 15.3. The van der Waals surface area contributed by atoms with Gasteiger partial charge in [-0.25, -0.2) is 0 Å². The van der Waals surface area contributed by atoms with E-state index >= 15 is 4.79 Å². The zero-order valence-corrected chi connectivity index (χ0v) is 51.6. The third kappa shape index (κ3) is 10.4. The van der Waals surface area contributed by atoms with Crippen molar-refractivity contribution in [2.24, 2.45) is 85.8 Å². The normalized spacial score (nSPS) is 36.9. The standard InChI is InChI=1S/C63H110N6O8/c1-19-39(6)51(67(17)56(75)49(37(2)3)65-55(74)50(38(4)5)66(15)16)41(36-70)35-47(72)68-33-20-21-43(68)52(77-18)40(7)54(73)64-32-34-69-53-48-42-22-23-45-60(12)26-25-46(71)59(10,11)44(60)24-27-62(45,14)61(42,13)29-31-63(48,57(69)76)30-28-58(53,8)9/h37-46,48-53,70-71H,19-36H2,1-18H3,(H,64,73)(H,65,74)/t39-,40+,41-,42+,43?,44?,45?,46-,48?,49-,50-,51-,52+,53?,60-,61+,62+,63-/m0/s1. The number of nitrogens with one attached hydrogen (secondary N) is 2. The number of aliphatic hydroxyl groups is 2. The van der Waals surface area contributed by atoms with E-state index in [1.807, 2.05) is 72.4 Å². The average molecular weight is 1080 g/mol. The second kappa shape index (κ2) is 22.9. The number of likely N-dealkylation sites (tertiary alicyclic amines) is 2. The van der Waals surface area contributed by atoms with Crippen LogP contribution in [-0.4, -0.2) is 156 Å². The molecule has 0 aromatic rings. The summed E-state index contributed by atoms with van der Waals surface area (Å²) < 4.78 is 6.16. The minimum atomic E-state index is -0.791. The minimum Gasteiger partial charge on any atom is -0.396 e. The Bertz CT molecular complexity index is 2140. The topological polar surface area (TPSA) is 172 Å². The van der Waals surface area contributed by atoms with Crippen LogP contribution in [0.15, 0.2) is 0 Å². The lowest BCUT2D eigenvalue weighted by molar-refractivity contribution is -0.250. The summed E-state index contributed by atoms with van der Waals surface area (Å²) in [6.07, 6.45) is 12.0. The molecule has 5 amide bonds. The highest BCUT2D eigenvalue weighted by molar-refractivity contribution is 5.90. The Hall–Kier alpha value is -2.81. The number of aliphatic hydroxyl groups excluding tert-OH is 2. The van der Waals surface area contributed by atoms with Crippen molar-refractivity contribution < 1.29 is 38.9 Å². The molecular weight excluding hydrogens is 969 g/mol. The van der Waals surface area contributed by atoms with Crippen molar-refractivity contribution >= 4 is 29.5 Å². The molecule has 4 N–H and O–H groups in total. The van der Waals surface area contributed by atoms with E-state index < -0.39 is 36.1 Å². The zero-order valence-electron chi connectivity index (χ0n) is 51.6. The average Bonchev–Trinajstić information content (AvgIpc) is 3.96. The van der Waals surface area contributed by atoms with Gasteiger partial charge in [0.1, 0.15) is 6.04 Å². The van der Waals surface area contributed by atoms with Gasteiger partial charge in [-0.1, -0.05) is 103 Å². The molecule has 5 aliphatic carbocycles. The third-order valence-corrected chi connectivity index (χ3v) is 24.1. The summed E-state index contributed by atoms with van der Waals surface area (Å²) >= 11 is 0. The molecule has 0 aromatic heterocycles. The predicted octanol–water partition coefficient (Wildman–Crippen LogP) is 8.41. The fourth-order valence-electron chi connectivity index (χ4n) is 19.7. The predicted molar refractivity (Wildman–Crippen MR) is 304 cm³/mol. The van der Waals surface area contributed by atoms with E-state index in [1.54, 1.807) is 19.1 Å². The van der Waals surface area contributed by atoms with Crippen LogP contribution in [0.25, 0.3) is 0 Å². The highest BCUT2D eigenvalue weighted by atomic mass is 16.5. The van der Waals surface area contributed by atoms with Crippen LogP contribution in [0.1, 0.15) is 187 Å². The van der Waals surface area contributed by atoms with E-state index in [-0.39, 0.29) is 111 Å². The van der Waals surface area contributed by atoms with Crippen molar-refractivity contribution in [2.45, 2.75) is 229 Å². The molecule has 14 heteroatoms. The second-order valence-corrected chi connectivity index (χ2v) is 29.6. The van der Waals surface area contributed by atoms with Crippen molar-refractivity contribution in [3.05, 3.63) is 0 Å². The molecule has 18 atom stereocenters. The Morgan fingerprint density at radius 1 is 0.805 bits per heavy atom. The Morgan fingerprint density at radius 3 is 2.06 bits per heavy atom. The summed E-state index contributed by atoms with van der Waals surface area (Å²) in [5.41, 5.74) is -0.0439. The third-order valence-electron chi connectivity index (χ3n) is 24.1. The first-order chi connectivity index (χ1) is 35.9. The fraction of sp³-hybridized carbons (Fsp3) is 0.921.